The number of nitro groups is 1. The summed E-state index contributed by atoms with van der Waals surface area (Å²) in [6, 6.07) is 7.55. The molecule has 1 aliphatic rings. The Morgan fingerprint density at radius 3 is 2.72 bits per heavy atom. The van der Waals surface area contributed by atoms with E-state index in [1.807, 2.05) is 0 Å². The monoisotopic (exact) mass is 265 g/mol. The lowest BCUT2D eigenvalue weighted by molar-refractivity contribution is -0.380. The van der Waals surface area contributed by atoms with Gasteiger partial charge in [-0.25, -0.2) is 4.39 Å². The van der Waals surface area contributed by atoms with Crippen LogP contribution in [0.2, 0.25) is 0 Å². The molecule has 0 radical (unpaired) electrons. The Morgan fingerprint density at radius 2 is 2.00 bits per heavy atom. The van der Waals surface area contributed by atoms with E-state index in [0.29, 0.717) is 5.69 Å². The van der Waals surface area contributed by atoms with E-state index in [1.165, 1.54) is 18.2 Å². The summed E-state index contributed by atoms with van der Waals surface area (Å²) < 4.78 is 13.0. The van der Waals surface area contributed by atoms with Gasteiger partial charge in [0, 0.05) is 6.07 Å². The van der Waals surface area contributed by atoms with Crippen LogP contribution in [0, 0.1) is 15.9 Å². The van der Waals surface area contributed by atoms with Crippen molar-refractivity contribution < 1.29 is 9.31 Å². The quantitative estimate of drug-likeness (QED) is 0.645. The number of thiophene rings is 1. The Morgan fingerprint density at radius 1 is 1.22 bits per heavy atom. The molecule has 0 bridgehead atoms. The predicted octanol–water partition coefficient (Wildman–Crippen LogP) is 3.33. The third kappa shape index (κ3) is 1.78. The molecule has 0 saturated heterocycles. The molecule has 2 heterocycles. The summed E-state index contributed by atoms with van der Waals surface area (Å²) in [6.45, 7) is 0. The predicted molar refractivity (Wildman–Crippen MR) is 67.4 cm³/mol. The van der Waals surface area contributed by atoms with Gasteiger partial charge in [-0.05, 0) is 24.3 Å². The van der Waals surface area contributed by atoms with Crippen molar-refractivity contribution >= 4 is 27.7 Å². The van der Waals surface area contributed by atoms with Gasteiger partial charge in [-0.1, -0.05) is 11.3 Å². The van der Waals surface area contributed by atoms with Crippen molar-refractivity contribution in [1.82, 2.24) is 0 Å². The van der Waals surface area contributed by atoms with Crippen molar-refractivity contribution in [2.45, 2.75) is 6.17 Å². The fourth-order valence-electron chi connectivity index (χ4n) is 1.85. The lowest BCUT2D eigenvalue weighted by Crippen LogP contribution is -2.09. The fraction of sp³-hybridized carbons (Fsp3) is 0.0909. The smallest absolute Gasteiger partial charge is 0.324 e. The molecule has 0 fully saturated rings. The summed E-state index contributed by atoms with van der Waals surface area (Å²) in [5, 5.41) is 16.9. The zero-order chi connectivity index (χ0) is 12.7. The molecular weight excluding hydrogens is 257 g/mol. The van der Waals surface area contributed by atoms with Crippen LogP contribution in [0.4, 0.5) is 20.8 Å². The van der Waals surface area contributed by atoms with Gasteiger partial charge in [0.25, 0.3) is 0 Å². The number of nitrogens with one attached hydrogen (secondary N) is 2. The van der Waals surface area contributed by atoms with E-state index in [2.05, 4.69) is 10.6 Å². The standard InChI is InChI=1S/C11H8FN3O2S/c12-6-1-2-7-8(5-6)14-11(13-7)9-3-4-10(18-9)15(16)17/h1-5,11,13-14H/t11-/m1/s1. The first-order valence-electron chi connectivity index (χ1n) is 5.20. The number of hydrogen-bond donors (Lipinski definition) is 2. The van der Waals surface area contributed by atoms with Gasteiger partial charge in [0.1, 0.15) is 12.0 Å². The molecule has 0 unspecified atom stereocenters. The minimum Gasteiger partial charge on any atom is -0.359 e. The number of rotatable bonds is 2. The van der Waals surface area contributed by atoms with Crippen LogP contribution in [0.1, 0.15) is 11.0 Å². The van der Waals surface area contributed by atoms with Crippen LogP contribution in [-0.2, 0) is 0 Å². The van der Waals surface area contributed by atoms with Gasteiger partial charge in [0.2, 0.25) is 0 Å². The Hall–Kier alpha value is -2.15. The molecule has 18 heavy (non-hydrogen) atoms. The highest BCUT2D eigenvalue weighted by molar-refractivity contribution is 7.15. The zero-order valence-corrected chi connectivity index (χ0v) is 9.83. The van der Waals surface area contributed by atoms with E-state index >= 15 is 0 Å². The second kappa shape index (κ2) is 3.95. The summed E-state index contributed by atoms with van der Waals surface area (Å²) in [7, 11) is 0. The molecule has 7 heteroatoms. The molecule has 0 amide bonds. The molecule has 0 spiro atoms. The average Bonchev–Trinajstić information content (AvgIpc) is 2.93. The first kappa shape index (κ1) is 11.0. The fourth-order valence-corrected chi connectivity index (χ4v) is 2.67. The lowest BCUT2D eigenvalue weighted by Gasteiger charge is -2.08. The van der Waals surface area contributed by atoms with E-state index in [1.54, 1.807) is 12.1 Å². The number of nitrogens with zero attached hydrogens (tertiary/aromatic N) is 1. The molecule has 92 valence electrons. The number of hydrogen-bond acceptors (Lipinski definition) is 5. The van der Waals surface area contributed by atoms with E-state index in [4.69, 9.17) is 0 Å². The van der Waals surface area contributed by atoms with Crippen molar-refractivity contribution in [2.75, 3.05) is 10.6 Å². The second-order valence-electron chi connectivity index (χ2n) is 3.84. The van der Waals surface area contributed by atoms with Gasteiger partial charge in [0.15, 0.2) is 0 Å². The molecule has 2 N–H and O–H groups in total. The van der Waals surface area contributed by atoms with Gasteiger partial charge in [-0.15, -0.1) is 0 Å². The molecule has 0 aliphatic carbocycles. The first-order chi connectivity index (χ1) is 8.63. The maximum Gasteiger partial charge on any atom is 0.324 e. The van der Waals surface area contributed by atoms with Crippen LogP contribution in [0.5, 0.6) is 0 Å². The van der Waals surface area contributed by atoms with Crippen LogP contribution in [0.25, 0.3) is 0 Å². The van der Waals surface area contributed by atoms with Gasteiger partial charge in [-0.2, -0.15) is 0 Å². The molecule has 1 atom stereocenters. The van der Waals surface area contributed by atoms with Crippen LogP contribution < -0.4 is 10.6 Å². The molecule has 1 aliphatic heterocycles. The molecule has 0 saturated carbocycles. The lowest BCUT2D eigenvalue weighted by atomic mass is 10.3. The number of halogens is 1. The van der Waals surface area contributed by atoms with Crippen molar-refractivity contribution in [3.8, 4) is 0 Å². The minimum absolute atomic E-state index is 0.0933. The van der Waals surface area contributed by atoms with E-state index in [9.17, 15) is 14.5 Å². The Kier molecular flexibility index (Phi) is 2.41. The molecule has 2 aromatic rings. The highest BCUT2D eigenvalue weighted by Gasteiger charge is 2.24. The summed E-state index contributed by atoms with van der Waals surface area (Å²) in [5.74, 6) is -0.319. The summed E-state index contributed by atoms with van der Waals surface area (Å²) in [4.78, 5) is 11.0. The normalized spacial score (nSPS) is 16.8. The van der Waals surface area contributed by atoms with Crippen molar-refractivity contribution in [3.63, 3.8) is 0 Å². The SMILES string of the molecule is O=[N+]([O-])c1ccc([C@@H]2Nc3ccc(F)cc3N2)s1. The van der Waals surface area contributed by atoms with Crippen molar-refractivity contribution in [2.24, 2.45) is 0 Å². The number of anilines is 2. The van der Waals surface area contributed by atoms with E-state index in [0.717, 1.165) is 21.9 Å². The summed E-state index contributed by atoms with van der Waals surface area (Å²) in [5.41, 5.74) is 1.45. The van der Waals surface area contributed by atoms with Crippen molar-refractivity contribution in [1.29, 1.82) is 0 Å². The average molecular weight is 265 g/mol. The number of benzene rings is 1. The second-order valence-corrected chi connectivity index (χ2v) is 4.94. The van der Waals surface area contributed by atoms with E-state index < -0.39 is 4.92 Å². The maximum absolute atomic E-state index is 13.0. The Bertz CT molecular complexity index is 629. The maximum atomic E-state index is 13.0. The Balaban J connectivity index is 1.86. The highest BCUT2D eigenvalue weighted by Crippen LogP contribution is 2.38. The zero-order valence-electron chi connectivity index (χ0n) is 9.01. The molecule has 1 aromatic heterocycles. The van der Waals surface area contributed by atoms with Gasteiger partial charge < -0.3 is 10.6 Å². The molecule has 3 rings (SSSR count). The third-order valence-corrected chi connectivity index (χ3v) is 3.76. The molecule has 5 nitrogen and oxygen atoms in total. The largest absolute Gasteiger partial charge is 0.359 e. The first-order valence-corrected chi connectivity index (χ1v) is 6.02. The molecular formula is C11H8FN3O2S. The van der Waals surface area contributed by atoms with E-state index in [-0.39, 0.29) is 17.0 Å². The topological polar surface area (TPSA) is 67.2 Å². The van der Waals surface area contributed by atoms with Crippen LogP contribution in [0.3, 0.4) is 0 Å². The molecule has 1 aromatic carbocycles. The summed E-state index contributed by atoms with van der Waals surface area (Å²) in [6.07, 6.45) is -0.250. The Labute approximate surface area is 105 Å². The van der Waals surface area contributed by atoms with Crippen LogP contribution >= 0.6 is 11.3 Å². The van der Waals surface area contributed by atoms with Crippen LogP contribution in [-0.4, -0.2) is 4.92 Å². The number of fused-ring (bicyclic) bond motifs is 1. The minimum atomic E-state index is -0.421. The van der Waals surface area contributed by atoms with Crippen LogP contribution in [0.15, 0.2) is 30.3 Å². The van der Waals surface area contributed by atoms with Gasteiger partial charge >= 0.3 is 5.00 Å². The van der Waals surface area contributed by atoms with Gasteiger partial charge in [-0.3, -0.25) is 10.1 Å². The van der Waals surface area contributed by atoms with Crippen molar-refractivity contribution in [3.05, 3.63) is 51.1 Å². The summed E-state index contributed by atoms with van der Waals surface area (Å²) >= 11 is 1.10. The highest BCUT2D eigenvalue weighted by atomic mass is 32.1. The third-order valence-electron chi connectivity index (χ3n) is 2.66. The van der Waals surface area contributed by atoms with Gasteiger partial charge in [0.05, 0.1) is 21.2 Å².